The van der Waals surface area contributed by atoms with Gasteiger partial charge >= 0.3 is 12.0 Å². The van der Waals surface area contributed by atoms with Gasteiger partial charge in [0.2, 0.25) is 0 Å². The van der Waals surface area contributed by atoms with Crippen molar-refractivity contribution in [3.05, 3.63) is 65.0 Å². The maximum absolute atomic E-state index is 14.5. The van der Waals surface area contributed by atoms with E-state index in [1.54, 1.807) is 24.3 Å². The van der Waals surface area contributed by atoms with Crippen molar-refractivity contribution in [2.75, 3.05) is 25.1 Å². The zero-order valence-corrected chi connectivity index (χ0v) is 15.4. The minimum atomic E-state index is -2.90. The number of aryl methyl sites for hydroxylation is 1. The second-order valence-electron chi connectivity index (χ2n) is 6.71. The highest BCUT2D eigenvalue weighted by atomic mass is 19.3. The van der Waals surface area contributed by atoms with Gasteiger partial charge in [-0.2, -0.15) is 0 Å². The second kappa shape index (κ2) is 7.53. The molecule has 28 heavy (non-hydrogen) atoms. The first-order valence-corrected chi connectivity index (χ1v) is 8.58. The van der Waals surface area contributed by atoms with Crippen LogP contribution in [0.2, 0.25) is 0 Å². The van der Waals surface area contributed by atoms with Gasteiger partial charge in [0, 0.05) is 11.3 Å². The second-order valence-corrected chi connectivity index (χ2v) is 6.71. The number of amides is 2. The van der Waals surface area contributed by atoms with Crippen LogP contribution in [0.4, 0.5) is 23.7 Å². The molecule has 5 nitrogen and oxygen atoms in total. The fraction of sp³-hybridized carbons (Fsp3) is 0.300. The van der Waals surface area contributed by atoms with Gasteiger partial charge in [-0.1, -0.05) is 23.8 Å². The van der Waals surface area contributed by atoms with Gasteiger partial charge in [0.05, 0.1) is 32.3 Å². The summed E-state index contributed by atoms with van der Waals surface area (Å²) in [5.41, 5.74) is 1.61. The van der Waals surface area contributed by atoms with E-state index >= 15 is 0 Å². The summed E-state index contributed by atoms with van der Waals surface area (Å²) in [6, 6.07) is 10.1. The number of methoxy groups -OCH3 is 1. The minimum absolute atomic E-state index is 0.0411. The van der Waals surface area contributed by atoms with Crippen LogP contribution in [0.1, 0.15) is 21.5 Å². The molecule has 1 aliphatic rings. The number of anilines is 1. The normalized spacial score (nSPS) is 15.0. The number of likely N-dealkylation sites (tertiary alicyclic amines) is 1. The quantitative estimate of drug-likeness (QED) is 0.739. The molecule has 0 saturated carbocycles. The van der Waals surface area contributed by atoms with E-state index in [-0.39, 0.29) is 17.7 Å². The number of ether oxygens (including phenoxy) is 1. The summed E-state index contributed by atoms with van der Waals surface area (Å²) in [5.74, 6) is -4.27. The van der Waals surface area contributed by atoms with E-state index in [2.05, 4.69) is 4.74 Å². The monoisotopic (exact) mass is 392 g/mol. The van der Waals surface area contributed by atoms with Crippen molar-refractivity contribution < 1.29 is 27.5 Å². The van der Waals surface area contributed by atoms with Crippen LogP contribution in [0, 0.1) is 12.7 Å². The molecule has 0 aromatic heterocycles. The number of carbonyl (C=O) groups is 2. The lowest BCUT2D eigenvalue weighted by Gasteiger charge is -2.41. The molecule has 8 heteroatoms. The molecule has 0 spiro atoms. The molecule has 0 N–H and O–H groups in total. The average molecular weight is 392 g/mol. The molecular formula is C20H19F3N2O3. The van der Waals surface area contributed by atoms with Crippen LogP contribution >= 0.6 is 0 Å². The molecule has 1 aliphatic heterocycles. The zero-order chi connectivity index (χ0) is 20.5. The minimum Gasteiger partial charge on any atom is -0.465 e. The lowest BCUT2D eigenvalue weighted by molar-refractivity contribution is -0.108. The number of carbonyl (C=O) groups excluding carboxylic acids is 2. The molecule has 0 unspecified atom stereocenters. The Morgan fingerprint density at radius 2 is 1.79 bits per heavy atom. The summed E-state index contributed by atoms with van der Waals surface area (Å²) in [6.45, 7) is 0.365. The lowest BCUT2D eigenvalue weighted by Crippen LogP contribution is -2.61. The molecule has 2 aromatic carbocycles. The van der Waals surface area contributed by atoms with Crippen LogP contribution < -0.4 is 4.90 Å². The number of alkyl halides is 2. The Balaban J connectivity index is 1.88. The largest absolute Gasteiger partial charge is 0.465 e. The predicted molar refractivity (Wildman–Crippen MR) is 97.0 cm³/mol. The van der Waals surface area contributed by atoms with Crippen molar-refractivity contribution in [3.63, 3.8) is 0 Å². The van der Waals surface area contributed by atoms with Crippen molar-refractivity contribution in [3.8, 4) is 0 Å². The van der Waals surface area contributed by atoms with Gasteiger partial charge in [-0.3, -0.25) is 4.90 Å². The van der Waals surface area contributed by atoms with Gasteiger partial charge in [0.25, 0.3) is 5.92 Å². The van der Waals surface area contributed by atoms with Gasteiger partial charge in [-0.25, -0.2) is 22.8 Å². The van der Waals surface area contributed by atoms with Gasteiger partial charge in [0.15, 0.2) is 0 Å². The Hall–Kier alpha value is -3.03. The van der Waals surface area contributed by atoms with E-state index in [9.17, 15) is 22.8 Å². The Labute approximate surface area is 160 Å². The van der Waals surface area contributed by atoms with Gasteiger partial charge in [-0.05, 0) is 31.2 Å². The average Bonchev–Trinajstić information content (AvgIpc) is 2.64. The molecule has 0 atom stereocenters. The Morgan fingerprint density at radius 1 is 1.14 bits per heavy atom. The summed E-state index contributed by atoms with van der Waals surface area (Å²) in [5, 5.41) is 0. The molecule has 2 amide bonds. The molecule has 1 fully saturated rings. The summed E-state index contributed by atoms with van der Waals surface area (Å²) in [4.78, 5) is 26.5. The number of halogens is 3. The van der Waals surface area contributed by atoms with Gasteiger partial charge < -0.3 is 9.64 Å². The number of esters is 1. The standard InChI is InChI=1S/C20H19F3N2O3/c1-13-3-7-16(8-4-13)25(19(27)24-11-20(22,23)12-24)10-15-6-5-14(9-17(15)21)18(26)28-2/h3-9H,10-12H2,1-2H3. The maximum atomic E-state index is 14.5. The number of rotatable bonds is 4. The van der Waals surface area contributed by atoms with Gasteiger partial charge in [-0.15, -0.1) is 0 Å². The third kappa shape index (κ3) is 4.11. The van der Waals surface area contributed by atoms with Crippen LogP contribution in [-0.2, 0) is 11.3 Å². The van der Waals surface area contributed by atoms with Crippen molar-refractivity contribution in [2.24, 2.45) is 0 Å². The van der Waals surface area contributed by atoms with Crippen molar-refractivity contribution >= 4 is 17.7 Å². The number of hydrogen-bond acceptors (Lipinski definition) is 3. The van der Waals surface area contributed by atoms with E-state index in [0.29, 0.717) is 5.69 Å². The van der Waals surface area contributed by atoms with E-state index in [4.69, 9.17) is 0 Å². The molecule has 1 heterocycles. The highest BCUT2D eigenvalue weighted by Crippen LogP contribution is 2.30. The van der Waals surface area contributed by atoms with Crippen LogP contribution in [0.25, 0.3) is 0 Å². The first-order valence-electron chi connectivity index (χ1n) is 8.58. The van der Waals surface area contributed by atoms with Gasteiger partial charge in [0.1, 0.15) is 5.82 Å². The molecular weight excluding hydrogens is 373 g/mol. The van der Waals surface area contributed by atoms with Crippen molar-refractivity contribution in [2.45, 2.75) is 19.4 Å². The van der Waals surface area contributed by atoms with Crippen LogP contribution in [0.15, 0.2) is 42.5 Å². The predicted octanol–water partition coefficient (Wildman–Crippen LogP) is 4.00. The fourth-order valence-corrected chi connectivity index (χ4v) is 2.90. The smallest absolute Gasteiger partial charge is 0.337 e. The molecule has 3 rings (SSSR count). The number of benzene rings is 2. The summed E-state index contributed by atoms with van der Waals surface area (Å²) < 4.78 is 45.4. The summed E-state index contributed by atoms with van der Waals surface area (Å²) >= 11 is 0. The Bertz CT molecular complexity index is 892. The van der Waals surface area contributed by atoms with Crippen LogP contribution in [0.3, 0.4) is 0 Å². The third-order valence-electron chi connectivity index (χ3n) is 4.49. The number of hydrogen-bond donors (Lipinski definition) is 0. The molecule has 0 aliphatic carbocycles. The highest BCUT2D eigenvalue weighted by Gasteiger charge is 2.47. The molecule has 148 valence electrons. The maximum Gasteiger partial charge on any atom is 0.337 e. The molecule has 1 saturated heterocycles. The SMILES string of the molecule is COC(=O)c1ccc(CN(C(=O)N2CC(F)(F)C2)c2ccc(C)cc2)c(F)c1. The lowest BCUT2D eigenvalue weighted by atomic mass is 10.1. The first-order chi connectivity index (χ1) is 13.2. The van der Waals surface area contributed by atoms with E-state index in [1.807, 2.05) is 6.92 Å². The third-order valence-corrected chi connectivity index (χ3v) is 4.49. The number of urea groups is 1. The number of nitrogens with zero attached hydrogens (tertiary/aromatic N) is 2. The highest BCUT2D eigenvalue weighted by molar-refractivity contribution is 5.93. The van der Waals surface area contributed by atoms with E-state index in [1.165, 1.54) is 24.1 Å². The van der Waals surface area contributed by atoms with Crippen LogP contribution in [-0.4, -0.2) is 43.0 Å². The van der Waals surface area contributed by atoms with Crippen molar-refractivity contribution in [1.29, 1.82) is 0 Å². The van der Waals surface area contributed by atoms with Crippen molar-refractivity contribution in [1.82, 2.24) is 4.90 Å². The first kappa shape index (κ1) is 19.7. The van der Waals surface area contributed by atoms with E-state index < -0.39 is 36.8 Å². The Morgan fingerprint density at radius 3 is 2.32 bits per heavy atom. The molecule has 0 radical (unpaired) electrons. The summed E-state index contributed by atoms with van der Waals surface area (Å²) in [7, 11) is 1.19. The summed E-state index contributed by atoms with van der Waals surface area (Å²) in [6.07, 6.45) is 0. The molecule has 0 bridgehead atoms. The Kier molecular flexibility index (Phi) is 5.31. The topological polar surface area (TPSA) is 49.9 Å². The van der Waals surface area contributed by atoms with E-state index in [0.717, 1.165) is 16.5 Å². The van der Waals surface area contributed by atoms with Crippen LogP contribution in [0.5, 0.6) is 0 Å². The molecule has 2 aromatic rings. The zero-order valence-electron chi connectivity index (χ0n) is 15.4. The fourth-order valence-electron chi connectivity index (χ4n) is 2.90.